The molecule has 0 N–H and O–H groups in total. The second-order valence-corrected chi connectivity index (χ2v) is 2.74. The fraction of sp³-hybridized carbons (Fsp3) is 0.250. The molecule has 1 aromatic rings. The van der Waals surface area contributed by atoms with E-state index in [0.29, 0.717) is 5.69 Å². The van der Waals surface area contributed by atoms with Crippen molar-refractivity contribution in [3.63, 3.8) is 0 Å². The smallest absolute Gasteiger partial charge is 0.310 e. The number of rotatable bonds is 2. The molecule has 0 atom stereocenters. The van der Waals surface area contributed by atoms with Crippen LogP contribution in [-0.2, 0) is 7.05 Å². The van der Waals surface area contributed by atoms with E-state index in [-0.39, 0.29) is 16.3 Å². The summed E-state index contributed by atoms with van der Waals surface area (Å²) in [5.74, 6) is 0.0917. The Morgan fingerprint density at radius 3 is 2.77 bits per heavy atom. The maximum Gasteiger partial charge on any atom is 0.310 e. The summed E-state index contributed by atoms with van der Waals surface area (Å²) in [6, 6.07) is 0. The molecule has 0 aliphatic rings. The molecule has 0 aliphatic heterocycles. The van der Waals surface area contributed by atoms with Crippen LogP contribution in [0, 0.1) is 0 Å². The molecule has 0 saturated heterocycles. The molecule has 0 amide bonds. The first kappa shape index (κ1) is 9.80. The molecule has 0 unspecified atom stereocenters. The molecular weight excluding hydrogens is 192 g/mol. The Kier molecular flexibility index (Phi) is 2.72. The van der Waals surface area contributed by atoms with Crippen molar-refractivity contribution in [1.29, 1.82) is 0 Å². The average Bonchev–Trinajstić information content (AvgIpc) is 2.12. The molecule has 0 bridgehead atoms. The number of aryl methyl sites for hydroxylation is 1. The normalized spacial score (nSPS) is 9.77. The highest BCUT2D eigenvalue weighted by molar-refractivity contribution is 6.33. The summed E-state index contributed by atoms with van der Waals surface area (Å²) >= 11 is 5.81. The van der Waals surface area contributed by atoms with Gasteiger partial charge in [0.2, 0.25) is 5.75 Å². The maximum atomic E-state index is 11.3. The molecule has 4 nitrogen and oxygen atoms in total. The van der Waals surface area contributed by atoms with Gasteiger partial charge in [0, 0.05) is 7.05 Å². The van der Waals surface area contributed by atoms with Gasteiger partial charge in [-0.05, 0) is 6.08 Å². The molecule has 0 aliphatic carbocycles. The van der Waals surface area contributed by atoms with Crippen molar-refractivity contribution in [3.8, 4) is 5.75 Å². The summed E-state index contributed by atoms with van der Waals surface area (Å²) < 4.78 is 6.00. The number of methoxy groups -OCH3 is 1. The minimum absolute atomic E-state index is 0.0917. The summed E-state index contributed by atoms with van der Waals surface area (Å²) in [6.45, 7) is 3.52. The highest BCUT2D eigenvalue weighted by Crippen LogP contribution is 2.22. The van der Waals surface area contributed by atoms with Gasteiger partial charge in [-0.1, -0.05) is 18.2 Å². The summed E-state index contributed by atoms with van der Waals surface area (Å²) in [5.41, 5.74) is 0.0683. The lowest BCUT2D eigenvalue weighted by Crippen LogP contribution is -2.22. The van der Waals surface area contributed by atoms with Gasteiger partial charge in [0.25, 0.3) is 0 Å². The third kappa shape index (κ3) is 1.58. The van der Waals surface area contributed by atoms with Crippen LogP contribution < -0.4 is 10.3 Å². The molecule has 0 aromatic carbocycles. The number of halogens is 1. The van der Waals surface area contributed by atoms with E-state index in [1.807, 2.05) is 0 Å². The van der Waals surface area contributed by atoms with Gasteiger partial charge in [-0.15, -0.1) is 0 Å². The summed E-state index contributed by atoms with van der Waals surface area (Å²) in [6.07, 6.45) is 1.46. The van der Waals surface area contributed by atoms with Crippen LogP contribution in [0.4, 0.5) is 0 Å². The molecule has 0 radical (unpaired) electrons. The van der Waals surface area contributed by atoms with Gasteiger partial charge in [0.1, 0.15) is 10.7 Å². The predicted octanol–water partition coefficient (Wildman–Crippen LogP) is 1.09. The van der Waals surface area contributed by atoms with E-state index >= 15 is 0 Å². The Labute approximate surface area is 80.4 Å². The SMILES string of the molecule is C=Cc1nn(C)c(=O)c(OC)c1Cl. The molecule has 1 aromatic heterocycles. The van der Waals surface area contributed by atoms with Crippen LogP contribution in [-0.4, -0.2) is 16.9 Å². The fourth-order valence-electron chi connectivity index (χ4n) is 0.915. The average molecular weight is 201 g/mol. The zero-order valence-electron chi connectivity index (χ0n) is 7.37. The van der Waals surface area contributed by atoms with Crippen LogP contribution in [0.1, 0.15) is 5.69 Å². The minimum Gasteiger partial charge on any atom is -0.490 e. The molecule has 70 valence electrons. The third-order valence-corrected chi connectivity index (χ3v) is 1.93. The largest absolute Gasteiger partial charge is 0.490 e. The molecule has 13 heavy (non-hydrogen) atoms. The number of hydrogen-bond acceptors (Lipinski definition) is 3. The van der Waals surface area contributed by atoms with Crippen molar-refractivity contribution >= 4 is 17.7 Å². The summed E-state index contributed by atoms with van der Waals surface area (Å²) in [4.78, 5) is 11.3. The molecular formula is C8H9ClN2O2. The standard InChI is InChI=1S/C8H9ClN2O2/c1-4-5-6(9)7(13-3)8(12)11(2)10-5/h4H,1H2,2-3H3. The van der Waals surface area contributed by atoms with E-state index in [2.05, 4.69) is 11.7 Å². The van der Waals surface area contributed by atoms with E-state index in [1.54, 1.807) is 0 Å². The molecule has 1 rings (SSSR count). The number of nitrogens with zero attached hydrogens (tertiary/aromatic N) is 2. The van der Waals surface area contributed by atoms with E-state index < -0.39 is 0 Å². The molecule has 0 spiro atoms. The van der Waals surface area contributed by atoms with Gasteiger partial charge in [-0.3, -0.25) is 4.79 Å². The monoisotopic (exact) mass is 200 g/mol. The number of hydrogen-bond donors (Lipinski definition) is 0. The fourth-order valence-corrected chi connectivity index (χ4v) is 1.19. The van der Waals surface area contributed by atoms with Crippen LogP contribution in [0.2, 0.25) is 5.02 Å². The Morgan fingerprint density at radius 1 is 1.69 bits per heavy atom. The van der Waals surface area contributed by atoms with Crippen molar-refractivity contribution in [2.24, 2.45) is 7.05 Å². The zero-order valence-corrected chi connectivity index (χ0v) is 8.13. The Morgan fingerprint density at radius 2 is 2.31 bits per heavy atom. The van der Waals surface area contributed by atoms with Crippen LogP contribution in [0.5, 0.6) is 5.75 Å². The van der Waals surface area contributed by atoms with Crippen molar-refractivity contribution in [3.05, 3.63) is 27.6 Å². The van der Waals surface area contributed by atoms with Gasteiger partial charge in [-0.2, -0.15) is 5.10 Å². The van der Waals surface area contributed by atoms with Crippen molar-refractivity contribution < 1.29 is 4.74 Å². The lowest BCUT2D eigenvalue weighted by Gasteiger charge is -2.06. The topological polar surface area (TPSA) is 44.1 Å². The first-order chi connectivity index (χ1) is 6.11. The zero-order chi connectivity index (χ0) is 10.0. The van der Waals surface area contributed by atoms with Crippen molar-refractivity contribution in [1.82, 2.24) is 9.78 Å². The Balaban J connectivity index is 3.57. The van der Waals surface area contributed by atoms with Gasteiger partial charge in [0.05, 0.1) is 7.11 Å². The van der Waals surface area contributed by atoms with E-state index in [0.717, 1.165) is 4.68 Å². The number of ether oxygens (including phenoxy) is 1. The van der Waals surface area contributed by atoms with Gasteiger partial charge >= 0.3 is 5.56 Å². The first-order valence-electron chi connectivity index (χ1n) is 3.55. The lowest BCUT2D eigenvalue weighted by atomic mass is 10.3. The van der Waals surface area contributed by atoms with Gasteiger partial charge < -0.3 is 4.74 Å². The maximum absolute atomic E-state index is 11.3. The Hall–Kier alpha value is -1.29. The second-order valence-electron chi connectivity index (χ2n) is 2.37. The van der Waals surface area contributed by atoms with Crippen molar-refractivity contribution in [2.75, 3.05) is 7.11 Å². The van der Waals surface area contributed by atoms with E-state index in [1.165, 1.54) is 20.2 Å². The Bertz CT molecular complexity index is 398. The lowest BCUT2D eigenvalue weighted by molar-refractivity contribution is 0.400. The number of aromatic nitrogens is 2. The molecule has 0 saturated carbocycles. The molecule has 1 heterocycles. The summed E-state index contributed by atoms with van der Waals surface area (Å²) in [5, 5.41) is 4.07. The minimum atomic E-state index is -0.363. The van der Waals surface area contributed by atoms with Crippen LogP contribution >= 0.6 is 11.6 Å². The van der Waals surface area contributed by atoms with E-state index in [9.17, 15) is 4.79 Å². The highest BCUT2D eigenvalue weighted by atomic mass is 35.5. The second kappa shape index (κ2) is 3.62. The quantitative estimate of drug-likeness (QED) is 0.718. The van der Waals surface area contributed by atoms with Gasteiger partial charge in [0.15, 0.2) is 0 Å². The molecule has 5 heteroatoms. The van der Waals surface area contributed by atoms with Gasteiger partial charge in [-0.25, -0.2) is 4.68 Å². The van der Waals surface area contributed by atoms with Crippen LogP contribution in [0.15, 0.2) is 11.4 Å². The van der Waals surface area contributed by atoms with Crippen LogP contribution in [0.3, 0.4) is 0 Å². The predicted molar refractivity (Wildman–Crippen MR) is 51.1 cm³/mol. The first-order valence-corrected chi connectivity index (χ1v) is 3.92. The molecule has 0 fully saturated rings. The third-order valence-electron chi connectivity index (χ3n) is 1.57. The van der Waals surface area contributed by atoms with Crippen molar-refractivity contribution in [2.45, 2.75) is 0 Å². The van der Waals surface area contributed by atoms with E-state index in [4.69, 9.17) is 16.3 Å². The van der Waals surface area contributed by atoms with Crippen LogP contribution in [0.25, 0.3) is 6.08 Å². The summed E-state index contributed by atoms with van der Waals surface area (Å²) in [7, 11) is 2.91. The highest BCUT2D eigenvalue weighted by Gasteiger charge is 2.12.